The molecule has 8 rings (SSSR count). The summed E-state index contributed by atoms with van der Waals surface area (Å²) in [6, 6.07) is 9.51. The van der Waals surface area contributed by atoms with E-state index in [0.717, 1.165) is 55.6 Å². The van der Waals surface area contributed by atoms with Crippen molar-refractivity contribution in [2.45, 2.75) is 75.7 Å². The minimum Gasteiger partial charge on any atom is -0.490 e. The van der Waals surface area contributed by atoms with Crippen LogP contribution < -0.4 is 25.2 Å². The lowest BCUT2D eigenvalue weighted by Crippen LogP contribution is -2.54. The van der Waals surface area contributed by atoms with Crippen LogP contribution in [0.1, 0.15) is 93.7 Å². The van der Waals surface area contributed by atoms with Gasteiger partial charge >= 0.3 is 6.18 Å². The molecule has 2 N–H and O–H groups in total. The first-order chi connectivity index (χ1) is 29.2. The number of nitriles is 1. The van der Waals surface area contributed by atoms with Crippen molar-refractivity contribution in [3.05, 3.63) is 76.2 Å². The lowest BCUT2D eigenvalue weighted by atomic mass is 9.92. The minimum atomic E-state index is -4.67. The van der Waals surface area contributed by atoms with Crippen LogP contribution in [0.15, 0.2) is 42.5 Å². The summed E-state index contributed by atoms with van der Waals surface area (Å²) in [6.07, 6.45) is -1.16. The molecule has 3 aromatic rings. The molecule has 2 aromatic carbocycles. The number of alkyl halides is 3. The van der Waals surface area contributed by atoms with Crippen molar-refractivity contribution in [1.29, 1.82) is 5.26 Å². The molecule has 3 saturated heterocycles. The molecule has 1 unspecified atom stereocenters. The van der Waals surface area contributed by atoms with Gasteiger partial charge in [0.2, 0.25) is 11.8 Å². The van der Waals surface area contributed by atoms with E-state index in [4.69, 9.17) is 10.00 Å². The van der Waals surface area contributed by atoms with Gasteiger partial charge in [0.25, 0.3) is 17.7 Å². The normalized spacial score (nSPS) is 22.8. The molecule has 15 nitrogen and oxygen atoms in total. The predicted octanol–water partition coefficient (Wildman–Crippen LogP) is 4.07. The second kappa shape index (κ2) is 17.1. The summed E-state index contributed by atoms with van der Waals surface area (Å²) in [5.41, 5.74) is -1.11. The maximum atomic E-state index is 15.4. The lowest BCUT2D eigenvalue weighted by Gasteiger charge is -2.39. The van der Waals surface area contributed by atoms with Crippen LogP contribution in [-0.4, -0.2) is 114 Å². The molecular formula is C42H43F4N9O6. The number of carbonyl (C=O) groups is 5. The Hall–Kier alpha value is -6.16. The number of anilines is 2. The number of hydrogen-bond acceptors (Lipinski definition) is 12. The molecular weight excluding hydrogens is 803 g/mol. The van der Waals surface area contributed by atoms with Crippen molar-refractivity contribution in [1.82, 2.24) is 30.6 Å². The number of ether oxygens (including phenoxy) is 1. The van der Waals surface area contributed by atoms with Crippen molar-refractivity contribution in [2.24, 2.45) is 5.92 Å². The van der Waals surface area contributed by atoms with Gasteiger partial charge in [0.1, 0.15) is 17.6 Å². The molecule has 1 saturated carbocycles. The molecule has 1 atom stereocenters. The summed E-state index contributed by atoms with van der Waals surface area (Å²) in [5, 5.41) is 22.7. The Kier molecular flexibility index (Phi) is 11.6. The first-order valence-corrected chi connectivity index (χ1v) is 20.5. The van der Waals surface area contributed by atoms with Crippen molar-refractivity contribution < 1.29 is 46.3 Å². The van der Waals surface area contributed by atoms with Gasteiger partial charge in [0.15, 0.2) is 11.5 Å². The van der Waals surface area contributed by atoms with Crippen molar-refractivity contribution in [3.8, 4) is 11.8 Å². The Morgan fingerprint density at radius 3 is 2.20 bits per heavy atom. The number of nitrogens with one attached hydrogen (secondary N) is 2. The molecule has 4 fully saturated rings. The number of carbonyl (C=O) groups excluding carboxylic acids is 5. The highest BCUT2D eigenvalue weighted by Gasteiger charge is 2.45. The Balaban J connectivity index is 0.762. The molecule has 1 aliphatic carbocycles. The molecule has 320 valence electrons. The monoisotopic (exact) mass is 845 g/mol. The first kappa shape index (κ1) is 41.6. The van der Waals surface area contributed by atoms with Gasteiger partial charge in [-0.3, -0.25) is 39.1 Å². The van der Waals surface area contributed by atoms with Crippen molar-refractivity contribution in [3.63, 3.8) is 0 Å². The third-order valence-electron chi connectivity index (χ3n) is 12.3. The molecule has 61 heavy (non-hydrogen) atoms. The van der Waals surface area contributed by atoms with Gasteiger partial charge in [-0.2, -0.15) is 18.4 Å². The van der Waals surface area contributed by atoms with Gasteiger partial charge in [0.05, 0.1) is 40.1 Å². The smallest absolute Gasteiger partial charge is 0.417 e. The fourth-order valence-corrected chi connectivity index (χ4v) is 8.92. The van der Waals surface area contributed by atoms with E-state index >= 15 is 4.39 Å². The van der Waals surface area contributed by atoms with E-state index in [0.29, 0.717) is 63.6 Å². The van der Waals surface area contributed by atoms with Gasteiger partial charge in [-0.15, -0.1) is 10.2 Å². The highest BCUT2D eigenvalue weighted by atomic mass is 19.4. The molecule has 0 radical (unpaired) electrons. The molecule has 0 spiro atoms. The van der Waals surface area contributed by atoms with Crippen LogP contribution >= 0.6 is 0 Å². The summed E-state index contributed by atoms with van der Waals surface area (Å²) in [7, 11) is 0. The van der Waals surface area contributed by atoms with Crippen LogP contribution in [0, 0.1) is 23.1 Å². The zero-order valence-electron chi connectivity index (χ0n) is 33.0. The van der Waals surface area contributed by atoms with Crippen molar-refractivity contribution >= 4 is 41.0 Å². The van der Waals surface area contributed by atoms with Gasteiger partial charge in [-0.1, -0.05) is 0 Å². The Morgan fingerprint density at radius 2 is 1.56 bits per heavy atom. The summed E-state index contributed by atoms with van der Waals surface area (Å²) in [6.45, 7) is 5.03. The number of imide groups is 2. The third-order valence-corrected chi connectivity index (χ3v) is 12.3. The number of nitrogens with zero attached hydrogens (tertiary/aromatic N) is 7. The summed E-state index contributed by atoms with van der Waals surface area (Å²) >= 11 is 0. The number of amides is 5. The first-order valence-electron chi connectivity index (χ1n) is 20.5. The molecule has 5 aliphatic rings. The van der Waals surface area contributed by atoms with E-state index in [9.17, 15) is 37.1 Å². The number of aromatic nitrogens is 2. The van der Waals surface area contributed by atoms with E-state index in [1.807, 2.05) is 4.90 Å². The topological polar surface area (TPSA) is 181 Å². The van der Waals surface area contributed by atoms with E-state index in [2.05, 4.69) is 30.6 Å². The summed E-state index contributed by atoms with van der Waals surface area (Å²) in [4.78, 5) is 70.6. The average molecular weight is 846 g/mol. The third kappa shape index (κ3) is 8.85. The van der Waals surface area contributed by atoms with Gasteiger partial charge < -0.3 is 19.9 Å². The SMILES string of the molecule is N#Cc1ccc(OC2CCC(NC(=O)c3ccc(N4CCN(CC5CCN(c6cc7c(cc6F)C(=O)N(C6CCC(=O)NC6=O)C7=O)CC5)CC4)nn3)CC2)cc1C(F)(F)F. The molecule has 0 bridgehead atoms. The number of piperazine rings is 1. The van der Waals surface area contributed by atoms with Crippen LogP contribution in [0.25, 0.3) is 0 Å². The number of piperidine rings is 2. The number of benzene rings is 2. The van der Waals surface area contributed by atoms with Gasteiger partial charge in [-0.05, 0) is 93.3 Å². The van der Waals surface area contributed by atoms with Gasteiger partial charge in [-0.25, -0.2) is 4.39 Å². The van der Waals surface area contributed by atoms with E-state index in [1.54, 1.807) is 18.2 Å². The Morgan fingerprint density at radius 1 is 0.852 bits per heavy atom. The maximum absolute atomic E-state index is 15.4. The number of halogens is 4. The van der Waals surface area contributed by atoms with Gasteiger partial charge in [0, 0.05) is 58.3 Å². The van der Waals surface area contributed by atoms with Crippen LogP contribution in [-0.2, 0) is 15.8 Å². The van der Waals surface area contributed by atoms with E-state index in [1.165, 1.54) is 12.1 Å². The second-order valence-corrected chi connectivity index (χ2v) is 16.2. The standard InChI is InChI=1S/C42H43F4N9O6/c43-32-20-29-30(41(60)55(40(29)59)34-8-10-37(56)49-39(34)58)21-35(32)53-13-11-24(12-14-53)23-52-15-17-54(18-16-52)36-9-7-33(50-51-36)38(57)48-26-2-5-27(6-3-26)61-28-4-1-25(22-47)31(19-28)42(44,45)46/h1,4,7,9,19-21,24,26-27,34H,2-3,5-6,8,10-18,23H2,(H,48,57)(H,49,56,58). The fourth-order valence-electron chi connectivity index (χ4n) is 8.92. The van der Waals surface area contributed by atoms with E-state index in [-0.39, 0.29) is 59.2 Å². The Labute approximate surface area is 348 Å². The molecule has 5 heterocycles. The van der Waals surface area contributed by atoms with E-state index < -0.39 is 52.8 Å². The highest BCUT2D eigenvalue weighted by molar-refractivity contribution is 6.23. The Bertz CT molecular complexity index is 2260. The second-order valence-electron chi connectivity index (χ2n) is 16.2. The number of hydrogen-bond donors (Lipinski definition) is 2. The zero-order valence-corrected chi connectivity index (χ0v) is 33.0. The lowest BCUT2D eigenvalue weighted by molar-refractivity contribution is -0.138. The van der Waals surface area contributed by atoms with Crippen LogP contribution in [0.2, 0.25) is 0 Å². The highest BCUT2D eigenvalue weighted by Crippen LogP contribution is 2.36. The summed E-state index contributed by atoms with van der Waals surface area (Å²) in [5.74, 6) is -2.49. The predicted molar refractivity (Wildman–Crippen MR) is 209 cm³/mol. The number of rotatable bonds is 9. The maximum Gasteiger partial charge on any atom is 0.417 e. The molecule has 19 heteroatoms. The van der Waals surface area contributed by atoms with Crippen LogP contribution in [0.5, 0.6) is 5.75 Å². The molecule has 1 aromatic heterocycles. The molecule has 4 aliphatic heterocycles. The molecule has 5 amide bonds. The van der Waals surface area contributed by atoms with Crippen LogP contribution in [0.4, 0.5) is 29.1 Å². The average Bonchev–Trinajstić information content (AvgIpc) is 3.48. The van der Waals surface area contributed by atoms with Crippen LogP contribution in [0.3, 0.4) is 0 Å². The van der Waals surface area contributed by atoms with Crippen molar-refractivity contribution in [2.75, 3.05) is 55.6 Å². The minimum absolute atomic E-state index is 0.00108. The zero-order chi connectivity index (χ0) is 43.0. The summed E-state index contributed by atoms with van der Waals surface area (Å²) < 4.78 is 61.3. The largest absolute Gasteiger partial charge is 0.490 e. The number of fused-ring (bicyclic) bond motifs is 1. The fraction of sp³-hybridized carbons (Fsp3) is 0.476. The quantitative estimate of drug-likeness (QED) is 0.233.